The van der Waals surface area contributed by atoms with Crippen LogP contribution < -0.4 is 4.74 Å². The molecule has 2 aliphatic heterocycles. The molecule has 1 atom stereocenters. The van der Waals surface area contributed by atoms with Gasteiger partial charge < -0.3 is 9.64 Å². The molecule has 24 heavy (non-hydrogen) atoms. The topological polar surface area (TPSA) is 32.8 Å². The lowest BCUT2D eigenvalue weighted by Crippen LogP contribution is -2.52. The summed E-state index contributed by atoms with van der Waals surface area (Å²) in [6.45, 7) is 3.57. The third-order valence-corrected chi connectivity index (χ3v) is 5.18. The van der Waals surface area contributed by atoms with E-state index in [0.29, 0.717) is 11.6 Å². The van der Waals surface area contributed by atoms with E-state index in [1.165, 1.54) is 11.1 Å². The van der Waals surface area contributed by atoms with Crippen molar-refractivity contribution in [2.45, 2.75) is 12.5 Å². The zero-order valence-corrected chi connectivity index (χ0v) is 13.9. The number of ether oxygens (including phenoxy) is 1. The zero-order chi connectivity index (χ0) is 16.5. The Bertz CT molecular complexity index is 759. The summed E-state index contributed by atoms with van der Waals surface area (Å²) < 4.78 is 5.25. The molecule has 4 nitrogen and oxygen atoms in total. The summed E-state index contributed by atoms with van der Waals surface area (Å²) >= 11 is 0. The second-order valence-electron chi connectivity index (χ2n) is 6.48. The molecule has 2 aromatic carbocycles. The molecule has 124 valence electrons. The largest absolute Gasteiger partial charge is 0.497 e. The van der Waals surface area contributed by atoms with Crippen molar-refractivity contribution in [3.8, 4) is 5.75 Å². The molecule has 2 heterocycles. The molecule has 0 N–H and O–H groups in total. The molecule has 0 bridgehead atoms. The molecule has 0 spiro atoms. The van der Waals surface area contributed by atoms with Gasteiger partial charge in [0.15, 0.2) is 0 Å². The SMILES string of the molecule is COc1cccc(C(=O)N2CCN3CCc4ccccc4C3C2)c1. The van der Waals surface area contributed by atoms with Crippen LogP contribution >= 0.6 is 0 Å². The summed E-state index contributed by atoms with van der Waals surface area (Å²) in [4.78, 5) is 17.4. The molecule has 0 aliphatic carbocycles. The second kappa shape index (κ2) is 6.29. The molecular formula is C20H22N2O2. The fraction of sp³-hybridized carbons (Fsp3) is 0.350. The van der Waals surface area contributed by atoms with Gasteiger partial charge in [0.1, 0.15) is 5.75 Å². The average Bonchev–Trinajstić information content (AvgIpc) is 2.67. The molecule has 2 aliphatic rings. The normalized spacial score (nSPS) is 20.2. The van der Waals surface area contributed by atoms with Crippen LogP contribution in [0.2, 0.25) is 0 Å². The molecule has 4 heteroatoms. The number of carbonyl (C=O) groups excluding carboxylic acids is 1. The second-order valence-corrected chi connectivity index (χ2v) is 6.48. The van der Waals surface area contributed by atoms with Crippen molar-refractivity contribution in [3.63, 3.8) is 0 Å². The zero-order valence-electron chi connectivity index (χ0n) is 13.9. The number of hydrogen-bond acceptors (Lipinski definition) is 3. The van der Waals surface area contributed by atoms with Crippen molar-refractivity contribution in [3.05, 3.63) is 65.2 Å². The maximum absolute atomic E-state index is 12.9. The minimum atomic E-state index is 0.0941. The summed E-state index contributed by atoms with van der Waals surface area (Å²) in [7, 11) is 1.63. The Kier molecular flexibility index (Phi) is 3.98. The standard InChI is InChI=1S/C20H22N2O2/c1-24-17-7-4-6-16(13-17)20(23)22-12-11-21-10-9-15-5-2-3-8-18(15)19(21)14-22/h2-8,13,19H,9-12,14H2,1H3. The van der Waals surface area contributed by atoms with E-state index in [0.717, 1.165) is 38.3 Å². The highest BCUT2D eigenvalue weighted by Gasteiger charge is 2.34. The number of fused-ring (bicyclic) bond motifs is 3. The number of piperazine rings is 1. The minimum absolute atomic E-state index is 0.0941. The highest BCUT2D eigenvalue weighted by atomic mass is 16.5. The molecule has 0 radical (unpaired) electrons. The number of rotatable bonds is 2. The summed E-state index contributed by atoms with van der Waals surface area (Å²) in [5, 5.41) is 0. The van der Waals surface area contributed by atoms with Gasteiger partial charge in [-0.3, -0.25) is 9.69 Å². The first kappa shape index (κ1) is 15.2. The number of carbonyl (C=O) groups is 1. The van der Waals surface area contributed by atoms with Crippen LogP contribution in [0.4, 0.5) is 0 Å². The van der Waals surface area contributed by atoms with Gasteiger partial charge in [-0.25, -0.2) is 0 Å². The van der Waals surface area contributed by atoms with Crippen LogP contribution in [-0.4, -0.2) is 49.0 Å². The molecule has 1 fully saturated rings. The molecule has 1 amide bonds. The van der Waals surface area contributed by atoms with E-state index >= 15 is 0 Å². The van der Waals surface area contributed by atoms with Crippen LogP contribution in [0.15, 0.2) is 48.5 Å². The number of methoxy groups -OCH3 is 1. The molecule has 2 aromatic rings. The first-order chi connectivity index (χ1) is 11.8. The van der Waals surface area contributed by atoms with Crippen molar-refractivity contribution < 1.29 is 9.53 Å². The number of hydrogen-bond donors (Lipinski definition) is 0. The molecule has 1 saturated heterocycles. The predicted molar refractivity (Wildman–Crippen MR) is 93.4 cm³/mol. The lowest BCUT2D eigenvalue weighted by molar-refractivity contribution is 0.0453. The van der Waals surface area contributed by atoms with Crippen LogP contribution in [0.25, 0.3) is 0 Å². The predicted octanol–water partition coefficient (Wildman–Crippen LogP) is 2.75. The quantitative estimate of drug-likeness (QED) is 0.852. The van der Waals surface area contributed by atoms with Crippen molar-refractivity contribution in [2.24, 2.45) is 0 Å². The van der Waals surface area contributed by atoms with Crippen molar-refractivity contribution in [1.29, 1.82) is 0 Å². The van der Waals surface area contributed by atoms with E-state index in [2.05, 4.69) is 29.2 Å². The smallest absolute Gasteiger partial charge is 0.254 e. The molecular weight excluding hydrogens is 300 g/mol. The third-order valence-electron chi connectivity index (χ3n) is 5.18. The van der Waals surface area contributed by atoms with E-state index in [1.54, 1.807) is 7.11 Å². The Morgan fingerprint density at radius 3 is 2.83 bits per heavy atom. The van der Waals surface area contributed by atoms with Gasteiger partial charge in [0.2, 0.25) is 0 Å². The molecule has 1 unspecified atom stereocenters. The average molecular weight is 322 g/mol. The summed E-state index contributed by atoms with van der Waals surface area (Å²) in [6.07, 6.45) is 1.11. The third kappa shape index (κ3) is 2.67. The Morgan fingerprint density at radius 1 is 1.08 bits per heavy atom. The van der Waals surface area contributed by atoms with Crippen LogP contribution in [0, 0.1) is 0 Å². The van der Waals surface area contributed by atoms with E-state index < -0.39 is 0 Å². The first-order valence-corrected chi connectivity index (χ1v) is 8.51. The molecule has 0 aromatic heterocycles. The maximum Gasteiger partial charge on any atom is 0.254 e. The van der Waals surface area contributed by atoms with E-state index in [-0.39, 0.29) is 5.91 Å². The maximum atomic E-state index is 12.9. The summed E-state index contributed by atoms with van der Waals surface area (Å²) in [5.41, 5.74) is 3.51. The highest BCUT2D eigenvalue weighted by molar-refractivity contribution is 5.94. The van der Waals surface area contributed by atoms with Gasteiger partial charge in [-0.15, -0.1) is 0 Å². The van der Waals surface area contributed by atoms with Gasteiger partial charge in [-0.2, -0.15) is 0 Å². The first-order valence-electron chi connectivity index (χ1n) is 8.51. The number of nitrogens with zero attached hydrogens (tertiary/aromatic N) is 2. The lowest BCUT2D eigenvalue weighted by Gasteiger charge is -2.44. The Hall–Kier alpha value is -2.33. The van der Waals surface area contributed by atoms with E-state index in [1.807, 2.05) is 29.2 Å². The van der Waals surface area contributed by atoms with E-state index in [4.69, 9.17) is 4.74 Å². The van der Waals surface area contributed by atoms with Crippen molar-refractivity contribution in [1.82, 2.24) is 9.80 Å². The van der Waals surface area contributed by atoms with Crippen LogP contribution in [-0.2, 0) is 6.42 Å². The molecule has 4 rings (SSSR count). The monoisotopic (exact) mass is 322 g/mol. The van der Waals surface area contributed by atoms with Gasteiger partial charge in [0, 0.05) is 31.7 Å². The summed E-state index contributed by atoms with van der Waals surface area (Å²) in [5.74, 6) is 0.819. The highest BCUT2D eigenvalue weighted by Crippen LogP contribution is 2.32. The van der Waals surface area contributed by atoms with Gasteiger partial charge in [0.05, 0.1) is 13.2 Å². The van der Waals surface area contributed by atoms with Gasteiger partial charge >= 0.3 is 0 Å². The van der Waals surface area contributed by atoms with Crippen LogP contribution in [0.1, 0.15) is 27.5 Å². The van der Waals surface area contributed by atoms with Crippen LogP contribution in [0.5, 0.6) is 5.75 Å². The fourth-order valence-electron chi connectivity index (χ4n) is 3.86. The van der Waals surface area contributed by atoms with Gasteiger partial charge in [0.25, 0.3) is 5.91 Å². The number of amides is 1. The van der Waals surface area contributed by atoms with Gasteiger partial charge in [-0.05, 0) is 35.7 Å². The molecule has 0 saturated carbocycles. The van der Waals surface area contributed by atoms with Crippen molar-refractivity contribution >= 4 is 5.91 Å². The van der Waals surface area contributed by atoms with Crippen molar-refractivity contribution in [2.75, 3.05) is 33.3 Å². The van der Waals surface area contributed by atoms with E-state index in [9.17, 15) is 4.79 Å². The minimum Gasteiger partial charge on any atom is -0.497 e. The summed E-state index contributed by atoms with van der Waals surface area (Å²) in [6, 6.07) is 16.4. The number of benzene rings is 2. The Balaban J connectivity index is 1.57. The Labute approximate surface area is 142 Å². The Morgan fingerprint density at radius 2 is 1.96 bits per heavy atom. The lowest BCUT2D eigenvalue weighted by atomic mass is 9.91. The fourth-order valence-corrected chi connectivity index (χ4v) is 3.86. The van der Waals surface area contributed by atoms with Crippen LogP contribution in [0.3, 0.4) is 0 Å². The van der Waals surface area contributed by atoms with Gasteiger partial charge in [-0.1, -0.05) is 30.3 Å².